The maximum atomic E-state index is 13.8. The van der Waals surface area contributed by atoms with E-state index >= 15 is 0 Å². The molecule has 7 nitrogen and oxygen atoms in total. The molecule has 0 saturated heterocycles. The van der Waals surface area contributed by atoms with Crippen LogP contribution in [0.25, 0.3) is 0 Å². The summed E-state index contributed by atoms with van der Waals surface area (Å²) < 4.78 is 15.3. The van der Waals surface area contributed by atoms with Gasteiger partial charge in [0.15, 0.2) is 0 Å². The van der Waals surface area contributed by atoms with Crippen molar-refractivity contribution in [1.82, 2.24) is 14.5 Å². The quantitative estimate of drug-likeness (QED) is 0.458. The molecule has 188 valence electrons. The molecule has 1 heterocycles. The highest BCUT2D eigenvalue weighted by molar-refractivity contribution is 6.31. The topological polar surface area (TPSA) is 105 Å². The number of nitrogens with two attached hydrogens (primary N) is 1. The molecule has 1 aromatic heterocycles. The fraction of sp³-hybridized carbons (Fsp3) is 0.333. The number of carbonyl (C=O) groups excluding carboxylic acids is 1. The van der Waals surface area contributed by atoms with E-state index < -0.39 is 17.4 Å². The normalized spacial score (nSPS) is 11.8. The number of hydrogen-bond donors (Lipinski definition) is 1. The number of benzene rings is 2. The van der Waals surface area contributed by atoms with E-state index in [0.717, 1.165) is 11.6 Å². The van der Waals surface area contributed by atoms with Crippen LogP contribution in [-0.4, -0.2) is 33.4 Å². The molecule has 0 spiro atoms. The molecule has 3 rings (SSSR count). The minimum atomic E-state index is -0.629. The van der Waals surface area contributed by atoms with E-state index in [2.05, 4.69) is 4.98 Å². The number of nitriles is 1. The average Bonchev–Trinajstić information content (AvgIpc) is 2.85. The minimum absolute atomic E-state index is 0.0395. The molecule has 0 aliphatic carbocycles. The van der Waals surface area contributed by atoms with Crippen molar-refractivity contribution < 1.29 is 9.18 Å². The second-order valence-corrected chi connectivity index (χ2v) is 9.28. The standard InChI is InChI=1S/C27H29ClFN5O2/c1-17(2)24(33(13-7-12-30)26(35)20-10-11-23(29)22(28)14-20)25-32-18(3)21(15-31)27(36)34(25)16-19-8-5-4-6-9-19/h4-6,8-11,14,17,24H,7,12-13,16,30H2,1-3H3. The maximum Gasteiger partial charge on any atom is 0.272 e. The molecule has 0 saturated carbocycles. The van der Waals surface area contributed by atoms with Crippen LogP contribution in [0.15, 0.2) is 53.3 Å². The number of hydrogen-bond acceptors (Lipinski definition) is 5. The Bertz CT molecular complexity index is 1330. The van der Waals surface area contributed by atoms with Crippen molar-refractivity contribution in [3.05, 3.63) is 97.9 Å². The molecule has 2 N–H and O–H groups in total. The summed E-state index contributed by atoms with van der Waals surface area (Å²) in [5.74, 6) is -0.798. The van der Waals surface area contributed by atoms with Crippen LogP contribution in [-0.2, 0) is 6.54 Å². The summed E-state index contributed by atoms with van der Waals surface area (Å²) >= 11 is 5.96. The fourth-order valence-corrected chi connectivity index (χ4v) is 4.36. The van der Waals surface area contributed by atoms with Gasteiger partial charge in [0.05, 0.1) is 23.3 Å². The Kier molecular flexibility index (Phi) is 8.97. The summed E-state index contributed by atoms with van der Waals surface area (Å²) in [5.41, 5.74) is 6.63. The van der Waals surface area contributed by atoms with Gasteiger partial charge in [0.1, 0.15) is 23.3 Å². The Balaban J connectivity index is 2.22. The molecule has 0 aliphatic heterocycles. The molecule has 0 aliphatic rings. The van der Waals surface area contributed by atoms with Gasteiger partial charge in [-0.3, -0.25) is 14.2 Å². The summed E-state index contributed by atoms with van der Waals surface area (Å²) in [5, 5.41) is 9.46. The third kappa shape index (κ3) is 5.81. The second kappa shape index (κ2) is 11.9. The third-order valence-corrected chi connectivity index (χ3v) is 6.23. The van der Waals surface area contributed by atoms with E-state index in [1.165, 1.54) is 16.7 Å². The molecule has 1 atom stereocenters. The zero-order valence-corrected chi connectivity index (χ0v) is 21.3. The molecule has 0 bridgehead atoms. The molecule has 3 aromatic rings. The Labute approximate surface area is 214 Å². The summed E-state index contributed by atoms with van der Waals surface area (Å²) in [4.78, 5) is 33.5. The summed E-state index contributed by atoms with van der Waals surface area (Å²) in [6.07, 6.45) is 0.502. The molecule has 0 radical (unpaired) electrons. The molecular weight excluding hydrogens is 481 g/mol. The van der Waals surface area contributed by atoms with Crippen LogP contribution in [0, 0.1) is 30.0 Å². The Morgan fingerprint density at radius 2 is 1.94 bits per heavy atom. The van der Waals surface area contributed by atoms with E-state index in [0.29, 0.717) is 24.5 Å². The van der Waals surface area contributed by atoms with Crippen molar-refractivity contribution in [2.75, 3.05) is 13.1 Å². The smallest absolute Gasteiger partial charge is 0.272 e. The number of rotatable bonds is 9. The molecule has 2 aromatic carbocycles. The van der Waals surface area contributed by atoms with E-state index in [4.69, 9.17) is 17.3 Å². The van der Waals surface area contributed by atoms with Gasteiger partial charge in [-0.2, -0.15) is 5.26 Å². The third-order valence-electron chi connectivity index (χ3n) is 5.94. The van der Waals surface area contributed by atoms with Crippen molar-refractivity contribution in [2.24, 2.45) is 11.7 Å². The van der Waals surface area contributed by atoms with Gasteiger partial charge in [-0.1, -0.05) is 55.8 Å². The van der Waals surface area contributed by atoms with Crippen LogP contribution in [0.4, 0.5) is 4.39 Å². The van der Waals surface area contributed by atoms with Crippen molar-refractivity contribution in [2.45, 2.75) is 39.8 Å². The van der Waals surface area contributed by atoms with Gasteiger partial charge in [-0.25, -0.2) is 9.37 Å². The lowest BCUT2D eigenvalue weighted by molar-refractivity contribution is 0.0601. The number of carbonyl (C=O) groups is 1. The van der Waals surface area contributed by atoms with E-state index in [1.807, 2.05) is 50.2 Å². The summed E-state index contributed by atoms with van der Waals surface area (Å²) in [6, 6.07) is 14.5. The van der Waals surface area contributed by atoms with Crippen molar-refractivity contribution in [3.63, 3.8) is 0 Å². The van der Waals surface area contributed by atoms with Gasteiger partial charge in [-0.15, -0.1) is 0 Å². The van der Waals surface area contributed by atoms with Gasteiger partial charge in [-0.05, 0) is 49.6 Å². The first-order valence-electron chi connectivity index (χ1n) is 11.7. The summed E-state index contributed by atoms with van der Waals surface area (Å²) in [6.45, 7) is 6.28. The molecule has 36 heavy (non-hydrogen) atoms. The van der Waals surface area contributed by atoms with Crippen molar-refractivity contribution >= 4 is 17.5 Å². The molecule has 1 amide bonds. The van der Waals surface area contributed by atoms with Crippen LogP contribution in [0.2, 0.25) is 5.02 Å². The van der Waals surface area contributed by atoms with Crippen LogP contribution in [0.3, 0.4) is 0 Å². The van der Waals surface area contributed by atoms with Crippen LogP contribution in [0.1, 0.15) is 59.3 Å². The molecule has 9 heteroatoms. The first-order chi connectivity index (χ1) is 17.2. The van der Waals surface area contributed by atoms with E-state index in [-0.39, 0.29) is 41.1 Å². The average molecular weight is 510 g/mol. The molecule has 0 fully saturated rings. The van der Waals surface area contributed by atoms with E-state index in [1.54, 1.807) is 11.8 Å². The number of halogens is 2. The van der Waals surface area contributed by atoms with E-state index in [9.17, 15) is 19.2 Å². The number of aryl methyl sites for hydroxylation is 1. The predicted octanol–water partition coefficient (Wildman–Crippen LogP) is 4.45. The zero-order valence-electron chi connectivity index (χ0n) is 20.5. The number of aromatic nitrogens is 2. The lowest BCUT2D eigenvalue weighted by atomic mass is 9.98. The first-order valence-corrected chi connectivity index (χ1v) is 12.1. The Morgan fingerprint density at radius 1 is 1.25 bits per heavy atom. The fourth-order valence-electron chi connectivity index (χ4n) is 4.18. The highest BCUT2D eigenvalue weighted by Crippen LogP contribution is 2.30. The molecule has 1 unspecified atom stereocenters. The maximum absolute atomic E-state index is 13.8. The lowest BCUT2D eigenvalue weighted by Crippen LogP contribution is -2.43. The van der Waals surface area contributed by atoms with Gasteiger partial charge in [0.25, 0.3) is 11.5 Å². The first kappa shape index (κ1) is 27.1. The predicted molar refractivity (Wildman–Crippen MR) is 137 cm³/mol. The molecular formula is C27H29ClFN5O2. The number of amides is 1. The Hall–Kier alpha value is -3.54. The van der Waals surface area contributed by atoms with Gasteiger partial charge in [0.2, 0.25) is 0 Å². The highest BCUT2D eigenvalue weighted by atomic mass is 35.5. The summed E-state index contributed by atoms with van der Waals surface area (Å²) in [7, 11) is 0. The minimum Gasteiger partial charge on any atom is -0.330 e. The van der Waals surface area contributed by atoms with Crippen LogP contribution < -0.4 is 11.3 Å². The van der Waals surface area contributed by atoms with Gasteiger partial charge >= 0.3 is 0 Å². The Morgan fingerprint density at radius 3 is 2.53 bits per heavy atom. The SMILES string of the molecule is Cc1nc(C(C(C)C)N(CCCN)C(=O)c2ccc(F)c(Cl)c2)n(Cc2ccccc2)c(=O)c1C#N. The van der Waals surface area contributed by atoms with Crippen LogP contribution >= 0.6 is 11.6 Å². The lowest BCUT2D eigenvalue weighted by Gasteiger charge is -2.35. The zero-order chi connectivity index (χ0) is 26.4. The largest absolute Gasteiger partial charge is 0.330 e. The van der Waals surface area contributed by atoms with Crippen molar-refractivity contribution in [3.8, 4) is 6.07 Å². The van der Waals surface area contributed by atoms with Gasteiger partial charge in [0, 0.05) is 12.1 Å². The number of nitrogens with zero attached hydrogens (tertiary/aromatic N) is 4. The van der Waals surface area contributed by atoms with Crippen LogP contribution in [0.5, 0.6) is 0 Å². The van der Waals surface area contributed by atoms with Crippen molar-refractivity contribution in [1.29, 1.82) is 5.26 Å². The second-order valence-electron chi connectivity index (χ2n) is 8.88. The highest BCUT2D eigenvalue weighted by Gasteiger charge is 2.33. The van der Waals surface area contributed by atoms with Gasteiger partial charge < -0.3 is 10.6 Å². The monoisotopic (exact) mass is 509 g/mol.